The van der Waals surface area contributed by atoms with Crippen molar-refractivity contribution in [3.05, 3.63) is 66.4 Å². The van der Waals surface area contributed by atoms with Crippen LogP contribution < -0.4 is 10.6 Å². The minimum absolute atomic E-state index is 0.238. The monoisotopic (exact) mass is 328 g/mol. The largest absolute Gasteiger partial charge is 0.323 e. The smallest absolute Gasteiger partial charge is 0.305 e. The van der Waals surface area contributed by atoms with E-state index in [0.29, 0.717) is 11.4 Å². The van der Waals surface area contributed by atoms with Crippen molar-refractivity contribution in [2.75, 3.05) is 10.6 Å². The standard InChI is InChI=1S/C17H14F2N4O/c1-23-16(11-5-3-2-4-6-11)15(10-20-23)22-17(24)21-14-9-12(18)7-8-13(14)19/h2-10H,1H3,(H2,21,22,24). The maximum absolute atomic E-state index is 13.6. The van der Waals surface area contributed by atoms with E-state index >= 15 is 0 Å². The van der Waals surface area contributed by atoms with Crippen LogP contribution in [0.3, 0.4) is 0 Å². The minimum Gasteiger partial charge on any atom is -0.305 e. The predicted molar refractivity (Wildman–Crippen MR) is 87.6 cm³/mol. The van der Waals surface area contributed by atoms with Crippen molar-refractivity contribution < 1.29 is 13.6 Å². The van der Waals surface area contributed by atoms with Crippen LogP contribution in [0, 0.1) is 11.6 Å². The molecule has 0 radical (unpaired) electrons. The van der Waals surface area contributed by atoms with Crippen LogP contribution in [0.25, 0.3) is 11.3 Å². The van der Waals surface area contributed by atoms with Gasteiger partial charge in [-0.25, -0.2) is 13.6 Å². The summed E-state index contributed by atoms with van der Waals surface area (Å²) in [5, 5.41) is 9.01. The molecule has 24 heavy (non-hydrogen) atoms. The highest BCUT2D eigenvalue weighted by Crippen LogP contribution is 2.27. The first-order valence-corrected chi connectivity index (χ1v) is 7.15. The number of nitrogens with one attached hydrogen (secondary N) is 2. The van der Waals surface area contributed by atoms with Crippen molar-refractivity contribution in [1.82, 2.24) is 9.78 Å². The molecule has 2 amide bonds. The zero-order valence-corrected chi connectivity index (χ0v) is 12.8. The summed E-state index contributed by atoms with van der Waals surface area (Å²) in [6.07, 6.45) is 1.49. The molecular formula is C17H14F2N4O. The average molecular weight is 328 g/mol. The molecule has 0 atom stereocenters. The van der Waals surface area contributed by atoms with Crippen LogP contribution in [0.1, 0.15) is 0 Å². The summed E-state index contributed by atoms with van der Waals surface area (Å²) in [6, 6.07) is 11.5. The van der Waals surface area contributed by atoms with E-state index in [-0.39, 0.29) is 5.69 Å². The Morgan fingerprint density at radius 1 is 1.04 bits per heavy atom. The minimum atomic E-state index is -0.721. The Hall–Kier alpha value is -3.22. The van der Waals surface area contributed by atoms with Crippen molar-refractivity contribution in [3.63, 3.8) is 0 Å². The van der Waals surface area contributed by atoms with Crippen LogP contribution in [0.2, 0.25) is 0 Å². The van der Waals surface area contributed by atoms with E-state index in [1.165, 1.54) is 6.20 Å². The van der Waals surface area contributed by atoms with Gasteiger partial charge in [0.25, 0.3) is 0 Å². The van der Waals surface area contributed by atoms with E-state index in [2.05, 4.69) is 15.7 Å². The molecule has 0 saturated heterocycles. The first kappa shape index (κ1) is 15.7. The molecule has 0 aliphatic heterocycles. The van der Waals surface area contributed by atoms with Crippen LogP contribution in [0.4, 0.5) is 25.0 Å². The van der Waals surface area contributed by atoms with E-state index in [1.807, 2.05) is 30.3 Å². The first-order chi connectivity index (χ1) is 11.5. The number of nitrogens with zero attached hydrogens (tertiary/aromatic N) is 2. The van der Waals surface area contributed by atoms with E-state index in [4.69, 9.17) is 0 Å². The third kappa shape index (κ3) is 3.24. The molecule has 0 unspecified atom stereocenters. The normalized spacial score (nSPS) is 10.5. The van der Waals surface area contributed by atoms with Gasteiger partial charge in [0, 0.05) is 18.7 Å². The van der Waals surface area contributed by atoms with Crippen LogP contribution >= 0.6 is 0 Å². The zero-order valence-electron chi connectivity index (χ0n) is 12.8. The summed E-state index contributed by atoms with van der Waals surface area (Å²) in [5.74, 6) is -1.36. The molecule has 0 bridgehead atoms. The summed E-state index contributed by atoms with van der Waals surface area (Å²) in [6.45, 7) is 0. The molecule has 7 heteroatoms. The third-order valence-corrected chi connectivity index (χ3v) is 3.41. The van der Waals surface area contributed by atoms with Gasteiger partial charge in [-0.05, 0) is 12.1 Å². The Morgan fingerprint density at radius 2 is 1.75 bits per heavy atom. The van der Waals surface area contributed by atoms with Gasteiger partial charge in [0.2, 0.25) is 0 Å². The fraction of sp³-hybridized carbons (Fsp3) is 0.0588. The molecule has 1 aromatic heterocycles. The van der Waals surface area contributed by atoms with Gasteiger partial charge in [0.05, 0.1) is 23.3 Å². The molecule has 0 aliphatic rings. The number of hydrogen-bond acceptors (Lipinski definition) is 2. The number of rotatable bonds is 3. The second-order valence-corrected chi connectivity index (χ2v) is 5.10. The van der Waals surface area contributed by atoms with Gasteiger partial charge < -0.3 is 10.6 Å². The van der Waals surface area contributed by atoms with Gasteiger partial charge in [-0.1, -0.05) is 30.3 Å². The maximum atomic E-state index is 13.6. The van der Waals surface area contributed by atoms with Crippen molar-refractivity contribution in [2.24, 2.45) is 7.05 Å². The van der Waals surface area contributed by atoms with E-state index in [9.17, 15) is 13.6 Å². The number of anilines is 2. The highest BCUT2D eigenvalue weighted by atomic mass is 19.1. The van der Waals surface area contributed by atoms with Crippen molar-refractivity contribution in [1.29, 1.82) is 0 Å². The van der Waals surface area contributed by atoms with Gasteiger partial charge >= 0.3 is 6.03 Å². The molecule has 3 rings (SSSR count). The summed E-state index contributed by atoms with van der Waals surface area (Å²) in [5.41, 5.74) is 1.78. The molecule has 0 fully saturated rings. The lowest BCUT2D eigenvalue weighted by atomic mass is 10.1. The maximum Gasteiger partial charge on any atom is 0.323 e. The third-order valence-electron chi connectivity index (χ3n) is 3.41. The molecule has 2 N–H and O–H groups in total. The van der Waals surface area contributed by atoms with Crippen LogP contribution in [0.5, 0.6) is 0 Å². The first-order valence-electron chi connectivity index (χ1n) is 7.15. The molecule has 0 saturated carbocycles. The molecule has 0 aliphatic carbocycles. The Morgan fingerprint density at radius 3 is 2.50 bits per heavy atom. The SMILES string of the molecule is Cn1ncc(NC(=O)Nc2cc(F)ccc2F)c1-c1ccccc1. The van der Waals surface area contributed by atoms with Crippen LogP contribution in [0.15, 0.2) is 54.7 Å². The van der Waals surface area contributed by atoms with Gasteiger partial charge in [0.15, 0.2) is 0 Å². The summed E-state index contributed by atoms with van der Waals surface area (Å²) < 4.78 is 28.4. The lowest BCUT2D eigenvalue weighted by molar-refractivity contribution is 0.262. The zero-order chi connectivity index (χ0) is 17.1. The van der Waals surface area contributed by atoms with Gasteiger partial charge in [-0.2, -0.15) is 5.10 Å². The summed E-state index contributed by atoms with van der Waals surface area (Å²) in [4.78, 5) is 12.1. The highest BCUT2D eigenvalue weighted by Gasteiger charge is 2.14. The molecule has 0 spiro atoms. The molecule has 2 aromatic carbocycles. The number of benzene rings is 2. The fourth-order valence-corrected chi connectivity index (χ4v) is 2.34. The number of halogens is 2. The highest BCUT2D eigenvalue weighted by molar-refractivity contribution is 6.01. The Kier molecular flexibility index (Phi) is 4.24. The topological polar surface area (TPSA) is 59.0 Å². The molecule has 5 nitrogen and oxygen atoms in total. The Labute approximate surface area is 136 Å². The van der Waals surface area contributed by atoms with E-state index in [1.54, 1.807) is 11.7 Å². The van der Waals surface area contributed by atoms with Crippen LogP contribution in [-0.4, -0.2) is 15.8 Å². The summed E-state index contributed by atoms with van der Waals surface area (Å²) >= 11 is 0. The molecular weight excluding hydrogens is 314 g/mol. The number of carbonyl (C=O) groups is 1. The quantitative estimate of drug-likeness (QED) is 0.763. The number of carbonyl (C=O) groups excluding carboxylic acids is 1. The number of aryl methyl sites for hydroxylation is 1. The van der Waals surface area contributed by atoms with Crippen LogP contribution in [-0.2, 0) is 7.05 Å². The molecule has 1 heterocycles. The van der Waals surface area contributed by atoms with E-state index < -0.39 is 17.7 Å². The lowest BCUT2D eigenvalue weighted by Gasteiger charge is -2.10. The van der Waals surface area contributed by atoms with Crippen molar-refractivity contribution >= 4 is 17.4 Å². The average Bonchev–Trinajstić information content (AvgIpc) is 2.92. The molecule has 122 valence electrons. The Balaban J connectivity index is 1.82. The van der Waals surface area contributed by atoms with Crippen molar-refractivity contribution in [2.45, 2.75) is 0 Å². The second kappa shape index (κ2) is 6.49. The van der Waals surface area contributed by atoms with Gasteiger partial charge in [0.1, 0.15) is 11.6 Å². The Bertz CT molecular complexity index is 878. The number of aromatic nitrogens is 2. The lowest BCUT2D eigenvalue weighted by Crippen LogP contribution is -2.20. The number of amides is 2. The molecule has 3 aromatic rings. The van der Waals surface area contributed by atoms with E-state index in [0.717, 1.165) is 23.8 Å². The number of hydrogen-bond donors (Lipinski definition) is 2. The second-order valence-electron chi connectivity index (χ2n) is 5.10. The van der Waals surface area contributed by atoms with Gasteiger partial charge in [-0.15, -0.1) is 0 Å². The van der Waals surface area contributed by atoms with Gasteiger partial charge in [-0.3, -0.25) is 4.68 Å². The van der Waals surface area contributed by atoms with Crippen molar-refractivity contribution in [3.8, 4) is 11.3 Å². The summed E-state index contributed by atoms with van der Waals surface area (Å²) in [7, 11) is 1.75. The fourth-order valence-electron chi connectivity index (χ4n) is 2.34. The number of urea groups is 1. The predicted octanol–water partition coefficient (Wildman–Crippen LogP) is 4.01.